The summed E-state index contributed by atoms with van der Waals surface area (Å²) in [5.41, 5.74) is 1.73. The lowest BCUT2D eigenvalue weighted by Gasteiger charge is -2.34. The van der Waals surface area contributed by atoms with Crippen molar-refractivity contribution in [3.8, 4) is 5.75 Å². The van der Waals surface area contributed by atoms with Gasteiger partial charge in [-0.2, -0.15) is 0 Å². The number of methoxy groups -OCH3 is 1. The number of nitrogens with one attached hydrogen (secondary N) is 1. The van der Waals surface area contributed by atoms with Crippen molar-refractivity contribution in [3.05, 3.63) is 94.0 Å². The van der Waals surface area contributed by atoms with Crippen LogP contribution in [0.4, 0.5) is 5.69 Å². The van der Waals surface area contributed by atoms with E-state index in [1.54, 1.807) is 36.4 Å². The third kappa shape index (κ3) is 8.61. The minimum atomic E-state index is -3.89. The second-order valence-corrected chi connectivity index (χ2v) is 12.3. The molecule has 2 amide bonds. The number of rotatable bonds is 12. The summed E-state index contributed by atoms with van der Waals surface area (Å²) >= 11 is 12.4. The molecule has 8 nitrogen and oxygen atoms in total. The molecule has 0 saturated carbocycles. The van der Waals surface area contributed by atoms with Crippen molar-refractivity contribution in [2.75, 3.05) is 24.2 Å². The molecule has 0 aliphatic heterocycles. The van der Waals surface area contributed by atoms with Gasteiger partial charge < -0.3 is 15.0 Å². The van der Waals surface area contributed by atoms with E-state index in [2.05, 4.69) is 5.32 Å². The van der Waals surface area contributed by atoms with Crippen LogP contribution in [0.25, 0.3) is 0 Å². The summed E-state index contributed by atoms with van der Waals surface area (Å²) in [7, 11) is -2.42. The van der Waals surface area contributed by atoms with Gasteiger partial charge in [0.05, 0.1) is 29.1 Å². The Morgan fingerprint density at radius 1 is 0.925 bits per heavy atom. The smallest absolute Gasteiger partial charge is 0.244 e. The van der Waals surface area contributed by atoms with Crippen LogP contribution in [0.15, 0.2) is 72.8 Å². The Labute approximate surface area is 245 Å². The Bertz CT molecular complexity index is 1430. The van der Waals surface area contributed by atoms with Crippen LogP contribution in [0.2, 0.25) is 10.0 Å². The summed E-state index contributed by atoms with van der Waals surface area (Å²) in [6, 6.07) is 19.6. The van der Waals surface area contributed by atoms with Crippen LogP contribution in [0.5, 0.6) is 5.75 Å². The van der Waals surface area contributed by atoms with Crippen molar-refractivity contribution in [2.24, 2.45) is 0 Å². The molecule has 0 heterocycles. The molecule has 1 N–H and O–H groups in total. The fourth-order valence-corrected chi connectivity index (χ4v) is 5.31. The van der Waals surface area contributed by atoms with Gasteiger partial charge in [0.25, 0.3) is 0 Å². The van der Waals surface area contributed by atoms with Crippen LogP contribution in [-0.4, -0.2) is 57.1 Å². The minimum absolute atomic E-state index is 0.00551. The van der Waals surface area contributed by atoms with Gasteiger partial charge in [-0.05, 0) is 49.2 Å². The van der Waals surface area contributed by atoms with Crippen molar-refractivity contribution in [3.63, 3.8) is 0 Å². The number of hydrogen-bond donors (Lipinski definition) is 1. The second kappa shape index (κ2) is 13.9. The Hall–Kier alpha value is -3.27. The van der Waals surface area contributed by atoms with Gasteiger partial charge in [-0.1, -0.05) is 65.7 Å². The van der Waals surface area contributed by atoms with Crippen LogP contribution < -0.4 is 14.4 Å². The summed E-state index contributed by atoms with van der Waals surface area (Å²) in [5.74, 6) is -0.497. The highest BCUT2D eigenvalue weighted by molar-refractivity contribution is 7.92. The van der Waals surface area contributed by atoms with Gasteiger partial charge in [0.1, 0.15) is 18.3 Å². The maximum Gasteiger partial charge on any atom is 0.244 e. The Balaban J connectivity index is 2.08. The fraction of sp³-hybridized carbons (Fsp3) is 0.310. The number of carbonyl (C=O) groups is 2. The van der Waals surface area contributed by atoms with Gasteiger partial charge in [-0.3, -0.25) is 13.9 Å². The first-order chi connectivity index (χ1) is 18.9. The molecule has 0 fully saturated rings. The Kier molecular flexibility index (Phi) is 10.8. The number of hydrogen-bond acceptors (Lipinski definition) is 5. The molecule has 0 aliphatic rings. The molecule has 11 heteroatoms. The first kappa shape index (κ1) is 31.3. The molecule has 3 aromatic carbocycles. The molecule has 0 aliphatic carbocycles. The lowest BCUT2D eigenvalue weighted by molar-refractivity contribution is -0.140. The van der Waals surface area contributed by atoms with Crippen molar-refractivity contribution in [1.82, 2.24) is 10.2 Å². The van der Waals surface area contributed by atoms with Gasteiger partial charge in [-0.15, -0.1) is 0 Å². The lowest BCUT2D eigenvalue weighted by atomic mass is 10.0. The maximum absolute atomic E-state index is 14.1. The van der Waals surface area contributed by atoms with Crippen LogP contribution in [0, 0.1) is 0 Å². The number of sulfonamides is 1. The van der Waals surface area contributed by atoms with E-state index < -0.39 is 28.5 Å². The number of halogens is 2. The van der Waals surface area contributed by atoms with E-state index in [4.69, 9.17) is 27.9 Å². The maximum atomic E-state index is 14.1. The average molecular weight is 607 g/mol. The number of carbonyl (C=O) groups excluding carboxylic acids is 2. The largest absolute Gasteiger partial charge is 0.497 e. The molecule has 40 heavy (non-hydrogen) atoms. The number of nitrogens with zero attached hydrogens (tertiary/aromatic N) is 2. The molecule has 3 aromatic rings. The second-order valence-electron chi connectivity index (χ2n) is 9.61. The highest BCUT2D eigenvalue weighted by Crippen LogP contribution is 2.26. The van der Waals surface area contributed by atoms with E-state index in [1.807, 2.05) is 44.2 Å². The molecule has 1 atom stereocenters. The molecule has 3 rings (SSSR count). The lowest BCUT2D eigenvalue weighted by Crippen LogP contribution is -2.54. The summed E-state index contributed by atoms with van der Waals surface area (Å²) in [6.45, 7) is 3.12. The highest BCUT2D eigenvalue weighted by Gasteiger charge is 2.33. The van der Waals surface area contributed by atoms with Crippen molar-refractivity contribution in [1.29, 1.82) is 0 Å². The van der Waals surface area contributed by atoms with E-state index in [-0.39, 0.29) is 30.6 Å². The topological polar surface area (TPSA) is 96.0 Å². The average Bonchev–Trinajstić information content (AvgIpc) is 2.90. The van der Waals surface area contributed by atoms with Crippen LogP contribution in [-0.2, 0) is 32.6 Å². The van der Waals surface area contributed by atoms with Gasteiger partial charge in [0.15, 0.2) is 0 Å². The monoisotopic (exact) mass is 605 g/mol. The predicted octanol–water partition coefficient (Wildman–Crippen LogP) is 4.93. The third-order valence-electron chi connectivity index (χ3n) is 6.06. The molecule has 0 unspecified atom stereocenters. The molecular formula is C29H33Cl2N3O5S. The standard InChI is InChI=1S/C29H33Cl2N3O5S/c1-20(2)32-29(36)27(16-21-9-6-5-7-10-21)33(18-22-13-14-25(30)26(31)15-22)28(35)19-34(40(4,37)38)23-11-8-12-24(17-23)39-3/h5-15,17,20,27H,16,18-19H2,1-4H3,(H,32,36)/t27-/m0/s1. The summed E-state index contributed by atoms with van der Waals surface area (Å²) in [6.07, 6.45) is 1.24. The number of benzene rings is 3. The zero-order valence-electron chi connectivity index (χ0n) is 22.8. The molecule has 0 radical (unpaired) electrons. The third-order valence-corrected chi connectivity index (χ3v) is 7.94. The molecule has 0 spiro atoms. The normalized spacial score (nSPS) is 12.1. The van der Waals surface area contributed by atoms with Crippen LogP contribution >= 0.6 is 23.2 Å². The minimum Gasteiger partial charge on any atom is -0.497 e. The van der Waals surface area contributed by atoms with Gasteiger partial charge in [0.2, 0.25) is 21.8 Å². The van der Waals surface area contributed by atoms with E-state index in [0.717, 1.165) is 16.1 Å². The predicted molar refractivity (Wildman–Crippen MR) is 159 cm³/mol. The van der Waals surface area contributed by atoms with E-state index in [9.17, 15) is 18.0 Å². The van der Waals surface area contributed by atoms with Crippen molar-refractivity contribution in [2.45, 2.75) is 38.9 Å². The number of anilines is 1. The van der Waals surface area contributed by atoms with E-state index in [1.165, 1.54) is 18.1 Å². The summed E-state index contributed by atoms with van der Waals surface area (Å²) < 4.78 is 32.0. The van der Waals surface area contributed by atoms with Gasteiger partial charge >= 0.3 is 0 Å². The molecule has 0 saturated heterocycles. The van der Waals surface area contributed by atoms with Crippen molar-refractivity contribution >= 4 is 50.7 Å². The van der Waals surface area contributed by atoms with Crippen LogP contribution in [0.1, 0.15) is 25.0 Å². The van der Waals surface area contributed by atoms with Crippen molar-refractivity contribution < 1.29 is 22.7 Å². The molecule has 0 bridgehead atoms. The highest BCUT2D eigenvalue weighted by atomic mass is 35.5. The summed E-state index contributed by atoms with van der Waals surface area (Å²) in [4.78, 5) is 29.0. The molecule has 0 aromatic heterocycles. The molecule has 214 valence electrons. The Morgan fingerprint density at radius 3 is 2.23 bits per heavy atom. The molecular weight excluding hydrogens is 573 g/mol. The van der Waals surface area contributed by atoms with E-state index in [0.29, 0.717) is 21.4 Å². The quantitative estimate of drug-likeness (QED) is 0.316. The van der Waals surface area contributed by atoms with Gasteiger partial charge in [-0.25, -0.2) is 8.42 Å². The first-order valence-electron chi connectivity index (χ1n) is 12.6. The van der Waals surface area contributed by atoms with Gasteiger partial charge in [0, 0.05) is 25.1 Å². The zero-order chi connectivity index (χ0) is 29.4. The number of amides is 2. The summed E-state index contributed by atoms with van der Waals surface area (Å²) in [5, 5.41) is 3.55. The SMILES string of the molecule is COc1cccc(N(CC(=O)N(Cc2ccc(Cl)c(Cl)c2)[C@@H](Cc2ccccc2)C(=O)NC(C)C)S(C)(=O)=O)c1. The zero-order valence-corrected chi connectivity index (χ0v) is 25.1. The van der Waals surface area contributed by atoms with E-state index >= 15 is 0 Å². The Morgan fingerprint density at radius 2 is 1.62 bits per heavy atom. The number of ether oxygens (including phenoxy) is 1. The fourth-order valence-electron chi connectivity index (χ4n) is 4.15. The van der Waals surface area contributed by atoms with Crippen LogP contribution in [0.3, 0.4) is 0 Å². The first-order valence-corrected chi connectivity index (χ1v) is 15.2.